The lowest BCUT2D eigenvalue weighted by atomic mass is 10.2. The van der Waals surface area contributed by atoms with Crippen molar-refractivity contribution in [2.75, 3.05) is 31.5 Å². The first-order valence-corrected chi connectivity index (χ1v) is 7.85. The van der Waals surface area contributed by atoms with Crippen LogP contribution in [0.3, 0.4) is 0 Å². The summed E-state index contributed by atoms with van der Waals surface area (Å²) < 4.78 is 0. The maximum absolute atomic E-state index is 5.97. The van der Waals surface area contributed by atoms with Gasteiger partial charge in [-0.3, -0.25) is 0 Å². The molecule has 0 fully saturated rings. The predicted octanol–water partition coefficient (Wildman–Crippen LogP) is 4.65. The maximum Gasteiger partial charge on any atom is 0.0426 e. The lowest BCUT2D eigenvalue weighted by Gasteiger charge is -2.22. The van der Waals surface area contributed by atoms with Gasteiger partial charge in [0.15, 0.2) is 0 Å². The summed E-state index contributed by atoms with van der Waals surface area (Å²) in [5, 5.41) is 4.23. The van der Waals surface area contributed by atoms with Crippen LogP contribution in [0.25, 0.3) is 0 Å². The fourth-order valence-electron chi connectivity index (χ4n) is 2.06. The molecule has 0 amide bonds. The molecule has 3 heteroatoms. The van der Waals surface area contributed by atoms with Crippen molar-refractivity contribution in [1.29, 1.82) is 0 Å². The molecule has 0 unspecified atom stereocenters. The van der Waals surface area contributed by atoms with Crippen molar-refractivity contribution in [2.45, 2.75) is 39.5 Å². The van der Waals surface area contributed by atoms with E-state index in [0.29, 0.717) is 0 Å². The van der Waals surface area contributed by atoms with Gasteiger partial charge in [-0.2, -0.15) is 0 Å². The maximum atomic E-state index is 5.97. The topological polar surface area (TPSA) is 15.3 Å². The van der Waals surface area contributed by atoms with Crippen molar-refractivity contribution in [3.63, 3.8) is 0 Å². The summed E-state index contributed by atoms with van der Waals surface area (Å²) in [6.07, 6.45) is 5.12. The molecule has 108 valence electrons. The molecule has 0 aromatic heterocycles. The van der Waals surface area contributed by atoms with Crippen LogP contribution in [-0.2, 0) is 0 Å². The Morgan fingerprint density at radius 2 is 1.74 bits per heavy atom. The number of unbranched alkanes of at least 4 members (excludes halogenated alkanes) is 2. The van der Waals surface area contributed by atoms with Crippen LogP contribution in [0.4, 0.5) is 5.69 Å². The van der Waals surface area contributed by atoms with Gasteiger partial charge in [0.2, 0.25) is 0 Å². The molecule has 0 spiro atoms. The highest BCUT2D eigenvalue weighted by Gasteiger charge is 2.03. The zero-order valence-corrected chi connectivity index (χ0v) is 13.0. The van der Waals surface area contributed by atoms with Crippen LogP contribution in [0.5, 0.6) is 0 Å². The molecule has 0 aliphatic rings. The lowest BCUT2D eigenvalue weighted by molar-refractivity contribution is 0.275. The molecule has 0 aliphatic heterocycles. The molecular formula is C16H27ClN2. The van der Waals surface area contributed by atoms with Gasteiger partial charge in [0.1, 0.15) is 0 Å². The van der Waals surface area contributed by atoms with Gasteiger partial charge in [0.25, 0.3) is 0 Å². The van der Waals surface area contributed by atoms with Crippen LogP contribution < -0.4 is 5.32 Å². The zero-order valence-electron chi connectivity index (χ0n) is 12.3. The van der Waals surface area contributed by atoms with E-state index in [2.05, 4.69) is 30.1 Å². The fraction of sp³-hybridized carbons (Fsp3) is 0.625. The molecule has 1 aromatic rings. The molecular weight excluding hydrogens is 256 g/mol. The highest BCUT2D eigenvalue weighted by molar-refractivity contribution is 6.30. The Kier molecular flexibility index (Phi) is 8.68. The average molecular weight is 283 g/mol. The van der Waals surface area contributed by atoms with Crippen LogP contribution in [0.1, 0.15) is 39.5 Å². The normalized spacial score (nSPS) is 10.9. The summed E-state index contributed by atoms with van der Waals surface area (Å²) in [5.74, 6) is 0. The Morgan fingerprint density at radius 1 is 1.05 bits per heavy atom. The summed E-state index contributed by atoms with van der Waals surface area (Å²) >= 11 is 5.97. The third-order valence-corrected chi connectivity index (χ3v) is 3.47. The smallest absolute Gasteiger partial charge is 0.0426 e. The van der Waals surface area contributed by atoms with E-state index in [9.17, 15) is 0 Å². The second-order valence-electron chi connectivity index (χ2n) is 4.99. The summed E-state index contributed by atoms with van der Waals surface area (Å²) in [5.41, 5.74) is 1.11. The second kappa shape index (κ2) is 10.1. The number of nitrogens with zero attached hydrogens (tertiary/aromatic N) is 1. The van der Waals surface area contributed by atoms with Gasteiger partial charge in [0, 0.05) is 23.8 Å². The molecule has 19 heavy (non-hydrogen) atoms. The van der Waals surface area contributed by atoms with E-state index >= 15 is 0 Å². The molecule has 0 saturated heterocycles. The molecule has 0 heterocycles. The largest absolute Gasteiger partial charge is 0.384 e. The number of anilines is 1. The Labute approximate surface area is 123 Å². The molecule has 0 atom stereocenters. The minimum atomic E-state index is 0.791. The van der Waals surface area contributed by atoms with E-state index in [-0.39, 0.29) is 0 Å². The minimum Gasteiger partial charge on any atom is -0.384 e. The van der Waals surface area contributed by atoms with Crippen molar-refractivity contribution >= 4 is 17.3 Å². The second-order valence-corrected chi connectivity index (χ2v) is 5.42. The third-order valence-electron chi connectivity index (χ3n) is 3.24. The van der Waals surface area contributed by atoms with Gasteiger partial charge >= 0.3 is 0 Å². The van der Waals surface area contributed by atoms with E-state index in [1.54, 1.807) is 0 Å². The first-order chi connectivity index (χ1) is 9.26. The van der Waals surface area contributed by atoms with Gasteiger partial charge in [-0.25, -0.2) is 0 Å². The van der Waals surface area contributed by atoms with Crippen LogP contribution in [-0.4, -0.2) is 31.1 Å². The van der Waals surface area contributed by atoms with Crippen molar-refractivity contribution in [2.24, 2.45) is 0 Å². The van der Waals surface area contributed by atoms with Crippen LogP contribution in [0.2, 0.25) is 5.02 Å². The lowest BCUT2D eigenvalue weighted by Crippen LogP contribution is -2.31. The van der Waals surface area contributed by atoms with Crippen molar-refractivity contribution in [3.8, 4) is 0 Å². The van der Waals surface area contributed by atoms with E-state index < -0.39 is 0 Å². The van der Waals surface area contributed by atoms with Crippen molar-refractivity contribution < 1.29 is 0 Å². The van der Waals surface area contributed by atoms with Gasteiger partial charge in [0.05, 0.1) is 0 Å². The molecule has 1 aromatic carbocycles. The van der Waals surface area contributed by atoms with E-state index in [1.807, 2.05) is 18.2 Å². The number of rotatable bonds is 10. The monoisotopic (exact) mass is 282 g/mol. The van der Waals surface area contributed by atoms with Gasteiger partial charge < -0.3 is 10.2 Å². The molecule has 0 aliphatic carbocycles. The Bertz CT molecular complexity index is 333. The van der Waals surface area contributed by atoms with E-state index in [4.69, 9.17) is 11.6 Å². The summed E-state index contributed by atoms with van der Waals surface area (Å²) in [7, 11) is 0. The first-order valence-electron chi connectivity index (χ1n) is 7.48. The molecule has 0 saturated carbocycles. The predicted molar refractivity (Wildman–Crippen MR) is 86.2 cm³/mol. The van der Waals surface area contributed by atoms with Gasteiger partial charge in [-0.05, 0) is 44.1 Å². The SMILES string of the molecule is CCCCN(CCCC)CCNc1cccc(Cl)c1. The molecule has 2 nitrogen and oxygen atoms in total. The van der Waals surface area contributed by atoms with Crippen LogP contribution in [0, 0.1) is 0 Å². The Morgan fingerprint density at radius 3 is 2.32 bits per heavy atom. The van der Waals surface area contributed by atoms with E-state index in [1.165, 1.54) is 38.8 Å². The third kappa shape index (κ3) is 7.44. The molecule has 0 radical (unpaired) electrons. The van der Waals surface area contributed by atoms with Gasteiger partial charge in [-0.1, -0.05) is 44.4 Å². The standard InChI is InChI=1S/C16H27ClN2/c1-3-5-11-19(12-6-4-2)13-10-18-16-9-7-8-15(17)14-16/h7-9,14,18H,3-6,10-13H2,1-2H3. The number of benzene rings is 1. The summed E-state index contributed by atoms with van der Waals surface area (Å²) in [6.45, 7) is 9.02. The van der Waals surface area contributed by atoms with E-state index in [0.717, 1.165) is 23.8 Å². The summed E-state index contributed by atoms with van der Waals surface area (Å²) in [6, 6.07) is 7.93. The first kappa shape index (κ1) is 16.3. The van der Waals surface area contributed by atoms with Crippen molar-refractivity contribution in [3.05, 3.63) is 29.3 Å². The van der Waals surface area contributed by atoms with Crippen molar-refractivity contribution in [1.82, 2.24) is 4.90 Å². The minimum absolute atomic E-state index is 0.791. The average Bonchev–Trinajstić information content (AvgIpc) is 2.41. The fourth-order valence-corrected chi connectivity index (χ4v) is 2.25. The molecule has 0 bridgehead atoms. The zero-order chi connectivity index (χ0) is 13.9. The number of hydrogen-bond acceptors (Lipinski definition) is 2. The number of nitrogens with one attached hydrogen (secondary N) is 1. The highest BCUT2D eigenvalue weighted by Crippen LogP contribution is 2.14. The van der Waals surface area contributed by atoms with Gasteiger partial charge in [-0.15, -0.1) is 0 Å². The number of halogens is 1. The Balaban J connectivity index is 2.29. The highest BCUT2D eigenvalue weighted by atomic mass is 35.5. The van der Waals surface area contributed by atoms with Crippen LogP contribution >= 0.6 is 11.6 Å². The molecule has 1 N–H and O–H groups in total. The molecule has 1 rings (SSSR count). The number of hydrogen-bond donors (Lipinski definition) is 1. The quantitative estimate of drug-likeness (QED) is 0.672. The Hall–Kier alpha value is -0.730. The summed E-state index contributed by atoms with van der Waals surface area (Å²) in [4.78, 5) is 2.56. The van der Waals surface area contributed by atoms with Crippen LogP contribution in [0.15, 0.2) is 24.3 Å².